The summed E-state index contributed by atoms with van der Waals surface area (Å²) < 4.78 is 49.7. The van der Waals surface area contributed by atoms with Crippen LogP contribution in [0.5, 0.6) is 11.5 Å². The Labute approximate surface area is 119 Å². The van der Waals surface area contributed by atoms with Crippen molar-refractivity contribution < 1.29 is 22.6 Å². The summed E-state index contributed by atoms with van der Waals surface area (Å²) in [5.41, 5.74) is 6.26. The zero-order valence-electron chi connectivity index (χ0n) is 11.4. The summed E-state index contributed by atoms with van der Waals surface area (Å²) in [6, 6.07) is 4.16. The first-order valence-corrected chi connectivity index (χ1v) is 6.67. The number of halogens is 3. The van der Waals surface area contributed by atoms with Crippen molar-refractivity contribution in [3.8, 4) is 11.5 Å². The van der Waals surface area contributed by atoms with Gasteiger partial charge in [-0.2, -0.15) is 13.2 Å². The van der Waals surface area contributed by atoms with Gasteiger partial charge in [0.25, 0.3) is 0 Å². The Kier molecular flexibility index (Phi) is 3.04. The van der Waals surface area contributed by atoms with Gasteiger partial charge in [0.1, 0.15) is 5.84 Å². The maximum atomic E-state index is 13.7. The van der Waals surface area contributed by atoms with E-state index in [1.54, 1.807) is 0 Å². The lowest BCUT2D eigenvalue weighted by Gasteiger charge is -2.35. The number of ether oxygens (including phenoxy) is 2. The van der Waals surface area contributed by atoms with E-state index >= 15 is 0 Å². The second-order valence-corrected chi connectivity index (χ2v) is 5.47. The molecule has 4 nitrogen and oxygen atoms in total. The Bertz CT molecular complexity index is 598. The van der Waals surface area contributed by atoms with Gasteiger partial charge in [0.2, 0.25) is 0 Å². The molecule has 1 aromatic rings. The molecule has 0 unspecified atom stereocenters. The molecule has 0 aromatic heterocycles. The highest BCUT2D eigenvalue weighted by atomic mass is 19.3. The van der Waals surface area contributed by atoms with E-state index in [4.69, 9.17) is 5.73 Å². The Morgan fingerprint density at radius 2 is 2.00 bits per heavy atom. The lowest BCUT2D eigenvalue weighted by atomic mass is 10.1. The van der Waals surface area contributed by atoms with E-state index < -0.39 is 12.0 Å². The molecule has 0 radical (unpaired) electrons. The molecule has 1 heterocycles. The molecule has 1 fully saturated rings. The van der Waals surface area contributed by atoms with E-state index in [-0.39, 0.29) is 17.3 Å². The molecule has 2 aliphatic rings. The number of nitrogens with zero attached hydrogens (tertiary/aromatic N) is 1. The largest absolute Gasteiger partial charge is 0.471 e. The molecule has 0 amide bonds. The van der Waals surface area contributed by atoms with Crippen molar-refractivity contribution in [3.05, 3.63) is 23.8 Å². The highest BCUT2D eigenvalue weighted by Crippen LogP contribution is 2.46. The minimum atomic E-state index is -4.07. The number of alkyl halides is 3. The summed E-state index contributed by atoms with van der Waals surface area (Å²) in [5.74, 6) is -2.75. The van der Waals surface area contributed by atoms with E-state index in [0.29, 0.717) is 24.9 Å². The van der Waals surface area contributed by atoms with Crippen molar-refractivity contribution in [1.82, 2.24) is 0 Å². The molecule has 0 bridgehead atoms. The van der Waals surface area contributed by atoms with Crippen LogP contribution >= 0.6 is 0 Å². The highest BCUT2D eigenvalue weighted by molar-refractivity contribution is 5.98. The van der Waals surface area contributed by atoms with Crippen LogP contribution in [-0.4, -0.2) is 24.3 Å². The molecule has 21 heavy (non-hydrogen) atoms. The number of amidine groups is 1. The van der Waals surface area contributed by atoms with Gasteiger partial charge in [-0.15, -0.1) is 0 Å². The summed E-state index contributed by atoms with van der Waals surface area (Å²) in [6.45, 7) is 1.24. The molecule has 1 atom stereocenters. The Hall–Kier alpha value is -1.92. The van der Waals surface area contributed by atoms with E-state index in [9.17, 15) is 13.2 Å². The summed E-state index contributed by atoms with van der Waals surface area (Å²) in [4.78, 5) is 4.21. The number of fused-ring (bicyclic) bond motifs is 1. The van der Waals surface area contributed by atoms with E-state index in [1.807, 2.05) is 0 Å². The van der Waals surface area contributed by atoms with Crippen LogP contribution in [0.25, 0.3) is 0 Å². The van der Waals surface area contributed by atoms with Crippen molar-refractivity contribution in [2.45, 2.75) is 31.7 Å². The van der Waals surface area contributed by atoms with Crippen LogP contribution in [0.2, 0.25) is 0 Å². The van der Waals surface area contributed by atoms with Crippen LogP contribution in [0.4, 0.5) is 13.2 Å². The van der Waals surface area contributed by atoms with Gasteiger partial charge >= 0.3 is 12.0 Å². The number of hydrogen-bond acceptors (Lipinski definition) is 3. The fourth-order valence-corrected chi connectivity index (χ4v) is 1.95. The zero-order chi connectivity index (χ0) is 15.3. The van der Waals surface area contributed by atoms with Crippen LogP contribution < -0.4 is 15.2 Å². The van der Waals surface area contributed by atoms with E-state index in [2.05, 4.69) is 14.5 Å². The first-order valence-electron chi connectivity index (χ1n) is 6.67. The molecule has 7 heteroatoms. The second kappa shape index (κ2) is 4.54. The fourth-order valence-electron chi connectivity index (χ4n) is 1.95. The van der Waals surface area contributed by atoms with E-state index in [0.717, 1.165) is 12.8 Å². The maximum Gasteiger partial charge on any atom is 0.471 e. The first kappa shape index (κ1) is 14.0. The first-order chi connectivity index (χ1) is 9.78. The molecule has 114 valence electrons. The number of rotatable bonds is 3. The smallest absolute Gasteiger partial charge is 0.446 e. The SMILES string of the molecule is C[C@]1(F)Oc2ccc(C(N)=NCC3CC3)cc2OC1(F)F. The van der Waals surface area contributed by atoms with Gasteiger partial charge in [0, 0.05) is 19.0 Å². The third-order valence-electron chi connectivity index (χ3n) is 3.52. The van der Waals surface area contributed by atoms with Gasteiger partial charge < -0.3 is 15.2 Å². The molecule has 1 aliphatic carbocycles. The lowest BCUT2D eigenvalue weighted by molar-refractivity contribution is -0.332. The Morgan fingerprint density at radius 1 is 1.29 bits per heavy atom. The maximum absolute atomic E-state index is 13.7. The average molecular weight is 300 g/mol. The van der Waals surface area contributed by atoms with Crippen molar-refractivity contribution in [1.29, 1.82) is 0 Å². The normalized spacial score (nSPS) is 27.5. The minimum Gasteiger partial charge on any atom is -0.446 e. The van der Waals surface area contributed by atoms with Crippen molar-refractivity contribution in [3.63, 3.8) is 0 Å². The molecule has 0 saturated heterocycles. The highest BCUT2D eigenvalue weighted by Gasteiger charge is 2.60. The van der Waals surface area contributed by atoms with Crippen LogP contribution in [0.15, 0.2) is 23.2 Å². The van der Waals surface area contributed by atoms with Gasteiger partial charge in [-0.05, 0) is 37.0 Å². The Morgan fingerprint density at radius 3 is 2.67 bits per heavy atom. The summed E-state index contributed by atoms with van der Waals surface area (Å²) in [5, 5.41) is 0. The van der Waals surface area contributed by atoms with Gasteiger partial charge in [-0.25, -0.2) is 0 Å². The topological polar surface area (TPSA) is 56.8 Å². The van der Waals surface area contributed by atoms with Crippen LogP contribution in [-0.2, 0) is 0 Å². The van der Waals surface area contributed by atoms with Gasteiger partial charge in [-0.3, -0.25) is 4.99 Å². The van der Waals surface area contributed by atoms with Crippen molar-refractivity contribution in [2.75, 3.05) is 6.54 Å². The number of benzene rings is 1. The molecular weight excluding hydrogens is 285 g/mol. The molecule has 1 aliphatic heterocycles. The molecular formula is C14H15F3N2O2. The molecule has 1 aromatic carbocycles. The van der Waals surface area contributed by atoms with E-state index in [1.165, 1.54) is 18.2 Å². The van der Waals surface area contributed by atoms with Crippen LogP contribution in [0, 0.1) is 5.92 Å². The average Bonchev–Trinajstić information content (AvgIpc) is 3.20. The van der Waals surface area contributed by atoms with Gasteiger partial charge in [0.15, 0.2) is 11.5 Å². The molecule has 1 saturated carbocycles. The van der Waals surface area contributed by atoms with Crippen LogP contribution in [0.1, 0.15) is 25.3 Å². The molecule has 2 N–H and O–H groups in total. The quantitative estimate of drug-likeness (QED) is 0.690. The minimum absolute atomic E-state index is 0.0929. The van der Waals surface area contributed by atoms with Gasteiger partial charge in [-0.1, -0.05) is 0 Å². The van der Waals surface area contributed by atoms with Crippen molar-refractivity contribution >= 4 is 5.84 Å². The third-order valence-corrected chi connectivity index (χ3v) is 3.52. The monoisotopic (exact) mass is 300 g/mol. The van der Waals surface area contributed by atoms with Crippen LogP contribution in [0.3, 0.4) is 0 Å². The second-order valence-electron chi connectivity index (χ2n) is 5.47. The third kappa shape index (κ3) is 2.64. The fraction of sp³-hybridized carbons (Fsp3) is 0.500. The van der Waals surface area contributed by atoms with Crippen molar-refractivity contribution in [2.24, 2.45) is 16.6 Å². The molecule has 0 spiro atoms. The summed E-state index contributed by atoms with van der Waals surface area (Å²) in [6.07, 6.45) is -1.79. The number of nitrogens with two attached hydrogens (primary N) is 1. The standard InChI is InChI=1S/C14H15F3N2O2/c1-13(15)14(16,17)21-11-6-9(4-5-10(11)20-13)12(18)19-7-8-2-3-8/h4-6,8H,2-3,7H2,1H3,(H2,18,19)/t13-/m0/s1. The lowest BCUT2D eigenvalue weighted by Crippen LogP contribution is -2.53. The Balaban J connectivity index is 1.86. The zero-order valence-corrected chi connectivity index (χ0v) is 11.4. The van der Waals surface area contributed by atoms with Gasteiger partial charge in [0.05, 0.1) is 0 Å². The number of aliphatic imine (C=N–C) groups is 1. The number of hydrogen-bond donors (Lipinski definition) is 1. The summed E-state index contributed by atoms with van der Waals surface area (Å²) in [7, 11) is 0. The summed E-state index contributed by atoms with van der Waals surface area (Å²) >= 11 is 0. The predicted octanol–water partition coefficient (Wildman–Crippen LogP) is 2.85. The predicted molar refractivity (Wildman–Crippen MR) is 70.5 cm³/mol. The molecule has 3 rings (SSSR count).